The molecule has 0 amide bonds. The van der Waals surface area contributed by atoms with Crippen molar-refractivity contribution < 1.29 is 42.1 Å². The van der Waals surface area contributed by atoms with Gasteiger partial charge in [0.05, 0.1) is 27.7 Å². The van der Waals surface area contributed by atoms with Crippen molar-refractivity contribution in [3.05, 3.63) is 109 Å². The highest BCUT2D eigenvalue weighted by Crippen LogP contribution is 2.43. The number of likely N-dealkylation sites (N-methyl/N-ethyl adjacent to an activating group) is 1. The van der Waals surface area contributed by atoms with Crippen molar-refractivity contribution in [2.24, 2.45) is 0 Å². The Hall–Kier alpha value is -3.33. The first-order chi connectivity index (χ1) is 31.0. The summed E-state index contributed by atoms with van der Waals surface area (Å²) in [6, 6.07) is 0. The Morgan fingerprint density at radius 1 is 0.500 bits per heavy atom. The molecular weight excluding hydrogens is 822 g/mol. The van der Waals surface area contributed by atoms with Crippen LogP contribution in [-0.2, 0) is 32.7 Å². The fourth-order valence-corrected chi connectivity index (χ4v) is 6.70. The number of unbranched alkanes of at least 4 members (excludes halogenated alkanes) is 11. The standard InChI is InChI=1S/C54H90NO8P/c1-6-8-10-12-14-16-18-20-22-23-24-25-26-27-28-29-30-31-33-35-37-39-41-43-45-47-54(57)63-52(51-62-64(58,59)61-49-48-55(3,4)5)50-60-53(56)46-44-42-40-38-36-34-32-21-19-17-15-13-11-9-7-2/h8,10,14-17,20-22,24-25,27-28,30-32,35,37,52H,6-7,9,11-13,18-19,23,26,29,33-34,36,38-51H2,1-5H3/p+1/b10-8-,16-14-,17-15-,22-20-,25-24-,28-27-,31-30-,32-21-,37-35-. The van der Waals surface area contributed by atoms with Crippen LogP contribution >= 0.6 is 7.82 Å². The average Bonchev–Trinajstić information content (AvgIpc) is 3.25. The van der Waals surface area contributed by atoms with E-state index in [9.17, 15) is 19.0 Å². The van der Waals surface area contributed by atoms with E-state index < -0.39 is 32.5 Å². The van der Waals surface area contributed by atoms with Crippen molar-refractivity contribution in [1.29, 1.82) is 0 Å². The van der Waals surface area contributed by atoms with Gasteiger partial charge in [-0.15, -0.1) is 0 Å². The lowest BCUT2D eigenvalue weighted by molar-refractivity contribution is -0.870. The number of allylic oxidation sites excluding steroid dienone is 18. The van der Waals surface area contributed by atoms with Gasteiger partial charge in [0.1, 0.15) is 19.8 Å². The van der Waals surface area contributed by atoms with Gasteiger partial charge in [-0.2, -0.15) is 0 Å². The number of hydrogen-bond acceptors (Lipinski definition) is 7. The van der Waals surface area contributed by atoms with Crippen LogP contribution in [0.15, 0.2) is 109 Å². The third-order valence-electron chi connectivity index (χ3n) is 9.79. The van der Waals surface area contributed by atoms with Crippen LogP contribution in [0.4, 0.5) is 0 Å². The van der Waals surface area contributed by atoms with E-state index in [1.165, 1.54) is 25.7 Å². The Bertz CT molecular complexity index is 1450. The molecule has 0 fully saturated rings. The monoisotopic (exact) mass is 913 g/mol. The zero-order valence-electron chi connectivity index (χ0n) is 41.0. The first-order valence-corrected chi connectivity index (χ1v) is 26.1. The van der Waals surface area contributed by atoms with Crippen LogP contribution < -0.4 is 0 Å². The van der Waals surface area contributed by atoms with Crippen molar-refractivity contribution in [2.45, 2.75) is 174 Å². The van der Waals surface area contributed by atoms with Gasteiger partial charge >= 0.3 is 19.8 Å². The largest absolute Gasteiger partial charge is 0.472 e. The number of nitrogens with zero attached hydrogens (tertiary/aromatic N) is 1. The number of carbonyl (C=O) groups is 2. The molecule has 2 unspecified atom stereocenters. The van der Waals surface area contributed by atoms with E-state index >= 15 is 0 Å². The van der Waals surface area contributed by atoms with E-state index in [-0.39, 0.29) is 26.1 Å². The highest BCUT2D eigenvalue weighted by molar-refractivity contribution is 7.47. The summed E-state index contributed by atoms with van der Waals surface area (Å²) in [5.74, 6) is -0.864. The zero-order valence-corrected chi connectivity index (χ0v) is 41.9. The fourth-order valence-electron chi connectivity index (χ4n) is 5.96. The molecule has 0 bridgehead atoms. The van der Waals surface area contributed by atoms with Crippen LogP contribution in [0.2, 0.25) is 0 Å². The highest BCUT2D eigenvalue weighted by Gasteiger charge is 2.27. The first kappa shape index (κ1) is 60.7. The topological polar surface area (TPSA) is 108 Å². The molecule has 0 aliphatic heterocycles. The molecule has 0 spiro atoms. The highest BCUT2D eigenvalue weighted by atomic mass is 31.2. The fraction of sp³-hybridized carbons (Fsp3) is 0.630. The van der Waals surface area contributed by atoms with Crippen molar-refractivity contribution in [3.63, 3.8) is 0 Å². The molecular formula is C54H91NO8P+. The minimum Gasteiger partial charge on any atom is -0.462 e. The number of rotatable bonds is 43. The summed E-state index contributed by atoms with van der Waals surface area (Å²) in [4.78, 5) is 35.5. The molecule has 0 aromatic carbocycles. The summed E-state index contributed by atoms with van der Waals surface area (Å²) >= 11 is 0. The van der Waals surface area contributed by atoms with E-state index in [1.807, 2.05) is 21.1 Å². The van der Waals surface area contributed by atoms with E-state index in [4.69, 9.17) is 18.5 Å². The molecule has 1 N–H and O–H groups in total. The second-order valence-electron chi connectivity index (χ2n) is 17.1. The number of quaternary nitrogens is 1. The molecule has 0 aromatic heterocycles. The molecule has 9 nitrogen and oxygen atoms in total. The molecule has 0 rings (SSSR count). The Kier molecular flexibility index (Phi) is 42.5. The zero-order chi connectivity index (χ0) is 47.1. The number of esters is 2. The quantitative estimate of drug-likeness (QED) is 0.0212. The number of hydrogen-bond donors (Lipinski definition) is 1. The van der Waals surface area contributed by atoms with Gasteiger partial charge in [-0.05, 0) is 103 Å². The minimum atomic E-state index is -4.40. The summed E-state index contributed by atoms with van der Waals surface area (Å²) in [5, 5.41) is 0. The first-order valence-electron chi connectivity index (χ1n) is 24.6. The van der Waals surface area contributed by atoms with Gasteiger partial charge in [-0.25, -0.2) is 4.57 Å². The van der Waals surface area contributed by atoms with Crippen LogP contribution in [0, 0.1) is 0 Å². The van der Waals surface area contributed by atoms with Crippen molar-refractivity contribution in [3.8, 4) is 0 Å². The van der Waals surface area contributed by atoms with Crippen LogP contribution in [0.5, 0.6) is 0 Å². The molecule has 0 heterocycles. The molecule has 0 radical (unpaired) electrons. The van der Waals surface area contributed by atoms with Crippen molar-refractivity contribution in [1.82, 2.24) is 0 Å². The van der Waals surface area contributed by atoms with Crippen LogP contribution in [0.3, 0.4) is 0 Å². The Labute approximate surface area is 391 Å². The summed E-state index contributed by atoms with van der Waals surface area (Å²) < 4.78 is 34.3. The van der Waals surface area contributed by atoms with E-state index in [1.54, 1.807) is 0 Å². The summed E-state index contributed by atoms with van der Waals surface area (Å²) in [7, 11) is 1.42. The summed E-state index contributed by atoms with van der Waals surface area (Å²) in [6.45, 7) is 4.20. The van der Waals surface area contributed by atoms with Gasteiger partial charge in [0.15, 0.2) is 6.10 Å². The van der Waals surface area contributed by atoms with Gasteiger partial charge in [0, 0.05) is 12.8 Å². The van der Waals surface area contributed by atoms with Crippen molar-refractivity contribution in [2.75, 3.05) is 47.5 Å². The second kappa shape index (κ2) is 44.9. The van der Waals surface area contributed by atoms with Crippen LogP contribution in [0.1, 0.15) is 168 Å². The number of ether oxygens (including phenoxy) is 2. The summed E-state index contributed by atoms with van der Waals surface area (Å²) in [5.41, 5.74) is 0. The van der Waals surface area contributed by atoms with E-state index in [0.29, 0.717) is 23.9 Å². The van der Waals surface area contributed by atoms with Gasteiger partial charge in [-0.3, -0.25) is 18.6 Å². The molecule has 10 heteroatoms. The SMILES string of the molecule is CC/C=C\C/C=C\C/C=C\C/C=C\C/C=C\C/C=C\C/C=C\CCCCCC(=O)OC(COC(=O)CCCCCCC/C=C\C/C=C\CCCCC)COP(=O)(O)OCC[N+](C)(C)C. The molecule has 0 aliphatic rings. The lowest BCUT2D eigenvalue weighted by Crippen LogP contribution is -2.37. The number of carbonyl (C=O) groups excluding carboxylic acids is 2. The molecule has 0 saturated carbocycles. The molecule has 2 atom stereocenters. The third-order valence-corrected chi connectivity index (χ3v) is 10.8. The van der Waals surface area contributed by atoms with Crippen molar-refractivity contribution >= 4 is 19.8 Å². The summed E-state index contributed by atoms with van der Waals surface area (Å²) in [6.07, 6.45) is 61.4. The molecule has 64 heavy (non-hydrogen) atoms. The molecule has 0 aliphatic carbocycles. The second-order valence-corrected chi connectivity index (χ2v) is 18.6. The smallest absolute Gasteiger partial charge is 0.462 e. The third kappa shape index (κ3) is 48.1. The lowest BCUT2D eigenvalue weighted by Gasteiger charge is -2.24. The maximum atomic E-state index is 12.7. The van der Waals surface area contributed by atoms with E-state index in [2.05, 4.69) is 123 Å². The molecule has 0 aromatic rings. The van der Waals surface area contributed by atoms with Crippen LogP contribution in [-0.4, -0.2) is 74.9 Å². The van der Waals surface area contributed by atoms with E-state index in [0.717, 1.165) is 103 Å². The van der Waals surface area contributed by atoms with Gasteiger partial charge in [0.2, 0.25) is 0 Å². The maximum Gasteiger partial charge on any atom is 0.472 e. The molecule has 364 valence electrons. The maximum absolute atomic E-state index is 12.7. The normalized spacial score (nSPS) is 14.4. The minimum absolute atomic E-state index is 0.0158. The number of phosphoric ester groups is 1. The lowest BCUT2D eigenvalue weighted by atomic mass is 10.1. The van der Waals surface area contributed by atoms with Gasteiger partial charge in [-0.1, -0.05) is 162 Å². The molecule has 0 saturated heterocycles. The van der Waals surface area contributed by atoms with Crippen LogP contribution in [0.25, 0.3) is 0 Å². The number of phosphoric acid groups is 1. The van der Waals surface area contributed by atoms with Gasteiger partial charge in [0.25, 0.3) is 0 Å². The predicted octanol–water partition coefficient (Wildman–Crippen LogP) is 14.7. The Morgan fingerprint density at radius 2 is 0.891 bits per heavy atom. The Morgan fingerprint density at radius 3 is 1.34 bits per heavy atom. The predicted molar refractivity (Wildman–Crippen MR) is 270 cm³/mol. The average molecular weight is 913 g/mol. The Balaban J connectivity index is 4.40. The van der Waals surface area contributed by atoms with Gasteiger partial charge < -0.3 is 18.9 Å².